The van der Waals surface area contributed by atoms with Gasteiger partial charge in [-0.25, -0.2) is 9.69 Å². The van der Waals surface area contributed by atoms with Crippen LogP contribution in [0.4, 0.5) is 10.5 Å². The number of urea groups is 1. The molecule has 3 aromatic rings. The van der Waals surface area contributed by atoms with E-state index in [0.29, 0.717) is 29.4 Å². The number of amides is 4. The van der Waals surface area contributed by atoms with Crippen LogP contribution < -0.4 is 19.7 Å². The van der Waals surface area contributed by atoms with Crippen LogP contribution in [0.2, 0.25) is 0 Å². The smallest absolute Gasteiger partial charge is 0.335 e. The molecule has 1 fully saturated rings. The Balaban J connectivity index is 1.65. The first-order chi connectivity index (χ1) is 16.4. The van der Waals surface area contributed by atoms with Crippen LogP contribution >= 0.6 is 38.5 Å². The summed E-state index contributed by atoms with van der Waals surface area (Å²) in [6, 6.07) is 18.8. The maximum absolute atomic E-state index is 13.1. The number of carbonyl (C=O) groups excluding carboxylic acids is 3. The van der Waals surface area contributed by atoms with Gasteiger partial charge in [-0.2, -0.15) is 0 Å². The Bertz CT molecular complexity index is 1310. The van der Waals surface area contributed by atoms with Gasteiger partial charge in [-0.15, -0.1) is 0 Å². The number of methoxy groups -OCH3 is 1. The molecule has 172 valence electrons. The lowest BCUT2D eigenvalue weighted by Gasteiger charge is -2.26. The fourth-order valence-corrected chi connectivity index (χ4v) is 4.54. The average molecular weight is 633 g/mol. The molecular formula is C25H18BrIN2O5. The fraction of sp³-hybridized carbons (Fsp3) is 0.0800. The SMILES string of the molecule is COc1cc(/C=C2\C(=O)NC(=O)N(c3ccccc3)C2=O)cc(I)c1OCc1ccccc1Br. The Morgan fingerprint density at radius 1 is 1.03 bits per heavy atom. The summed E-state index contributed by atoms with van der Waals surface area (Å²) in [5, 5.41) is 2.22. The highest BCUT2D eigenvalue weighted by Crippen LogP contribution is 2.36. The van der Waals surface area contributed by atoms with Crippen LogP contribution in [0, 0.1) is 3.57 Å². The fourth-order valence-electron chi connectivity index (χ4n) is 3.36. The number of ether oxygens (including phenoxy) is 2. The van der Waals surface area contributed by atoms with Crippen LogP contribution in [0.25, 0.3) is 6.08 Å². The summed E-state index contributed by atoms with van der Waals surface area (Å²) in [6.45, 7) is 0.323. The number of hydrogen-bond donors (Lipinski definition) is 1. The Hall–Kier alpha value is -3.18. The number of para-hydroxylation sites is 1. The Labute approximate surface area is 218 Å². The van der Waals surface area contributed by atoms with E-state index < -0.39 is 17.8 Å². The summed E-state index contributed by atoms with van der Waals surface area (Å²) in [7, 11) is 1.52. The van der Waals surface area contributed by atoms with E-state index in [1.54, 1.807) is 42.5 Å². The topological polar surface area (TPSA) is 84.9 Å². The number of hydrogen-bond acceptors (Lipinski definition) is 5. The molecule has 0 saturated carbocycles. The second-order valence-electron chi connectivity index (χ2n) is 7.21. The van der Waals surface area contributed by atoms with Gasteiger partial charge in [0.25, 0.3) is 11.8 Å². The summed E-state index contributed by atoms with van der Waals surface area (Å²) in [6.07, 6.45) is 1.43. The molecule has 0 spiro atoms. The van der Waals surface area contributed by atoms with Crippen LogP contribution in [0.3, 0.4) is 0 Å². The van der Waals surface area contributed by atoms with Gasteiger partial charge in [0.2, 0.25) is 0 Å². The standard InChI is InChI=1S/C25H18BrIN2O5/c1-33-21-13-15(12-20(27)22(21)34-14-16-7-5-6-10-19(16)26)11-18-23(30)28-25(32)29(24(18)31)17-8-3-2-4-9-17/h2-13H,14H2,1H3,(H,28,30,32)/b18-11+. The van der Waals surface area contributed by atoms with Crippen molar-refractivity contribution < 1.29 is 23.9 Å². The molecule has 4 rings (SSSR count). The van der Waals surface area contributed by atoms with Gasteiger partial charge in [-0.1, -0.05) is 52.3 Å². The highest BCUT2D eigenvalue weighted by Gasteiger charge is 2.36. The summed E-state index contributed by atoms with van der Waals surface area (Å²) in [5.41, 5.74) is 1.73. The number of barbiturate groups is 1. The molecule has 0 bridgehead atoms. The predicted molar refractivity (Wildman–Crippen MR) is 140 cm³/mol. The van der Waals surface area contributed by atoms with Crippen molar-refractivity contribution in [2.45, 2.75) is 6.61 Å². The summed E-state index contributed by atoms with van der Waals surface area (Å²) in [4.78, 5) is 38.8. The van der Waals surface area contributed by atoms with Gasteiger partial charge in [0.05, 0.1) is 16.4 Å². The average Bonchev–Trinajstić information content (AvgIpc) is 2.82. The van der Waals surface area contributed by atoms with Crippen LogP contribution in [0.5, 0.6) is 11.5 Å². The third kappa shape index (κ3) is 5.00. The molecule has 7 nitrogen and oxygen atoms in total. The molecule has 0 aromatic heterocycles. The third-order valence-electron chi connectivity index (χ3n) is 5.01. The molecule has 1 N–H and O–H groups in total. The number of halogens is 2. The second kappa shape index (κ2) is 10.4. The lowest BCUT2D eigenvalue weighted by Crippen LogP contribution is -2.54. The predicted octanol–water partition coefficient (Wildman–Crippen LogP) is 5.31. The first kappa shape index (κ1) is 24.0. The first-order valence-corrected chi connectivity index (χ1v) is 12.0. The van der Waals surface area contributed by atoms with E-state index in [2.05, 4.69) is 43.8 Å². The molecule has 1 heterocycles. The van der Waals surface area contributed by atoms with Crippen molar-refractivity contribution in [1.82, 2.24) is 5.32 Å². The van der Waals surface area contributed by atoms with E-state index >= 15 is 0 Å². The lowest BCUT2D eigenvalue weighted by atomic mass is 10.1. The van der Waals surface area contributed by atoms with E-state index in [-0.39, 0.29) is 5.57 Å². The number of imide groups is 2. The normalized spacial score (nSPS) is 14.9. The second-order valence-corrected chi connectivity index (χ2v) is 9.22. The van der Waals surface area contributed by atoms with E-state index in [1.165, 1.54) is 13.2 Å². The molecule has 3 aromatic carbocycles. The van der Waals surface area contributed by atoms with Gasteiger partial charge in [0, 0.05) is 10.0 Å². The van der Waals surface area contributed by atoms with Crippen molar-refractivity contribution in [3.05, 3.63) is 91.5 Å². The Morgan fingerprint density at radius 3 is 2.44 bits per heavy atom. The molecule has 0 aliphatic carbocycles. The molecule has 1 saturated heterocycles. The molecule has 9 heteroatoms. The van der Waals surface area contributed by atoms with Crippen molar-refractivity contribution in [3.8, 4) is 11.5 Å². The lowest BCUT2D eigenvalue weighted by molar-refractivity contribution is -0.122. The quantitative estimate of drug-likeness (QED) is 0.226. The van der Waals surface area contributed by atoms with Crippen LogP contribution in [-0.2, 0) is 16.2 Å². The molecule has 34 heavy (non-hydrogen) atoms. The van der Waals surface area contributed by atoms with E-state index in [9.17, 15) is 14.4 Å². The number of rotatable bonds is 6. The van der Waals surface area contributed by atoms with Crippen molar-refractivity contribution in [2.24, 2.45) is 0 Å². The number of carbonyl (C=O) groups is 3. The molecule has 1 aliphatic rings. The van der Waals surface area contributed by atoms with Gasteiger partial charge in [0.1, 0.15) is 12.2 Å². The summed E-state index contributed by atoms with van der Waals surface area (Å²) in [5.74, 6) is -0.472. The first-order valence-electron chi connectivity index (χ1n) is 10.1. The van der Waals surface area contributed by atoms with Crippen LogP contribution in [0.15, 0.2) is 76.8 Å². The maximum atomic E-state index is 13.1. The van der Waals surface area contributed by atoms with Gasteiger partial charge in [-0.05, 0) is 64.6 Å². The zero-order valence-electron chi connectivity index (χ0n) is 17.9. The Kier molecular flexibility index (Phi) is 7.32. The molecule has 0 unspecified atom stereocenters. The maximum Gasteiger partial charge on any atom is 0.335 e. The van der Waals surface area contributed by atoms with E-state index in [1.807, 2.05) is 24.3 Å². The van der Waals surface area contributed by atoms with Crippen LogP contribution in [0.1, 0.15) is 11.1 Å². The van der Waals surface area contributed by atoms with E-state index in [4.69, 9.17) is 9.47 Å². The number of nitrogens with zero attached hydrogens (tertiary/aromatic N) is 1. The molecule has 1 aliphatic heterocycles. The van der Waals surface area contributed by atoms with Crippen molar-refractivity contribution in [2.75, 3.05) is 12.0 Å². The van der Waals surface area contributed by atoms with Gasteiger partial charge in [-0.3, -0.25) is 14.9 Å². The number of nitrogens with one attached hydrogen (secondary N) is 1. The van der Waals surface area contributed by atoms with Crippen molar-refractivity contribution >= 4 is 68.1 Å². The molecule has 0 radical (unpaired) electrons. The molecule has 0 atom stereocenters. The minimum absolute atomic E-state index is 0.164. The van der Waals surface area contributed by atoms with Crippen molar-refractivity contribution in [3.63, 3.8) is 0 Å². The molecular weight excluding hydrogens is 615 g/mol. The summed E-state index contributed by atoms with van der Waals surface area (Å²) < 4.78 is 13.2. The highest BCUT2D eigenvalue weighted by atomic mass is 127. The monoisotopic (exact) mass is 632 g/mol. The number of benzene rings is 3. The zero-order valence-corrected chi connectivity index (χ0v) is 21.6. The minimum Gasteiger partial charge on any atom is -0.493 e. The highest BCUT2D eigenvalue weighted by molar-refractivity contribution is 14.1. The van der Waals surface area contributed by atoms with Crippen LogP contribution in [-0.4, -0.2) is 25.0 Å². The minimum atomic E-state index is -0.790. The number of anilines is 1. The largest absolute Gasteiger partial charge is 0.493 e. The third-order valence-corrected chi connectivity index (χ3v) is 6.58. The molecule has 4 amide bonds. The van der Waals surface area contributed by atoms with Crippen molar-refractivity contribution in [1.29, 1.82) is 0 Å². The summed E-state index contributed by atoms with van der Waals surface area (Å²) >= 11 is 5.62. The van der Waals surface area contributed by atoms with Gasteiger partial charge < -0.3 is 9.47 Å². The van der Waals surface area contributed by atoms with E-state index in [0.717, 1.165) is 18.5 Å². The Morgan fingerprint density at radius 2 is 1.74 bits per heavy atom. The van der Waals surface area contributed by atoms with Gasteiger partial charge in [0.15, 0.2) is 11.5 Å². The zero-order chi connectivity index (χ0) is 24.2. The van der Waals surface area contributed by atoms with Gasteiger partial charge >= 0.3 is 6.03 Å².